The lowest BCUT2D eigenvalue weighted by Gasteiger charge is -2.41. The Hall–Kier alpha value is -2.08. The lowest BCUT2D eigenvalue weighted by Crippen LogP contribution is -2.57. The van der Waals surface area contributed by atoms with Gasteiger partial charge in [-0.2, -0.15) is 0 Å². The minimum absolute atomic E-state index is 0.337. The Morgan fingerprint density at radius 2 is 1.79 bits per heavy atom. The predicted octanol–water partition coefficient (Wildman–Crippen LogP) is 1.82. The number of hydrogen-bond donors (Lipinski definition) is 2. The number of likely N-dealkylation sites (tertiary alicyclic amines) is 1. The van der Waals surface area contributed by atoms with Crippen molar-refractivity contribution in [3.05, 3.63) is 35.7 Å². The number of benzene rings is 1. The lowest BCUT2D eigenvalue weighted by molar-refractivity contribution is -0.123. The fourth-order valence-corrected chi connectivity index (χ4v) is 3.06. The van der Waals surface area contributed by atoms with Gasteiger partial charge in [0, 0.05) is 25.3 Å². The van der Waals surface area contributed by atoms with Crippen molar-refractivity contribution < 1.29 is 14.3 Å². The molecule has 3 N–H and O–H groups in total. The number of carbonyl (C=O) groups is 2. The second kappa shape index (κ2) is 7.66. The number of nitrogens with zero attached hydrogens (tertiary/aromatic N) is 1. The first-order valence-corrected chi connectivity index (χ1v) is 8.14. The van der Waals surface area contributed by atoms with Crippen molar-refractivity contribution in [2.24, 2.45) is 5.73 Å². The zero-order chi connectivity index (χ0) is 17.7. The summed E-state index contributed by atoms with van der Waals surface area (Å²) in [7, 11) is 1.35. The van der Waals surface area contributed by atoms with E-state index < -0.39 is 5.54 Å². The fourth-order valence-electron chi connectivity index (χ4n) is 3.06. The van der Waals surface area contributed by atoms with Crippen molar-refractivity contribution >= 4 is 17.6 Å². The smallest absolute Gasteiger partial charge is 0.337 e. The summed E-state index contributed by atoms with van der Waals surface area (Å²) in [4.78, 5) is 25.9. The van der Waals surface area contributed by atoms with E-state index in [-0.39, 0.29) is 11.9 Å². The van der Waals surface area contributed by atoms with Crippen LogP contribution in [0, 0.1) is 5.92 Å². The Labute approximate surface area is 143 Å². The molecule has 0 spiro atoms. The van der Waals surface area contributed by atoms with Gasteiger partial charge in [-0.25, -0.2) is 4.79 Å². The number of piperidine rings is 1. The van der Waals surface area contributed by atoms with Crippen molar-refractivity contribution in [3.63, 3.8) is 0 Å². The highest BCUT2D eigenvalue weighted by Crippen LogP contribution is 2.28. The van der Waals surface area contributed by atoms with Crippen molar-refractivity contribution in [2.45, 2.75) is 32.2 Å². The third-order valence-corrected chi connectivity index (χ3v) is 4.41. The van der Waals surface area contributed by atoms with E-state index in [1.54, 1.807) is 24.3 Å². The molecule has 6 nitrogen and oxygen atoms in total. The Balaban J connectivity index is 2.07. The van der Waals surface area contributed by atoms with Gasteiger partial charge >= 0.3 is 5.97 Å². The quantitative estimate of drug-likeness (QED) is 0.776. The summed E-state index contributed by atoms with van der Waals surface area (Å²) in [6, 6.07) is 6.89. The number of ether oxygens (including phenoxy) is 1. The molecule has 1 amide bonds. The number of primary amides is 1. The van der Waals surface area contributed by atoms with E-state index in [9.17, 15) is 9.59 Å². The summed E-state index contributed by atoms with van der Waals surface area (Å²) in [6.07, 6.45) is 1.32. The molecule has 0 atom stereocenters. The number of esters is 1. The maximum atomic E-state index is 12.1. The van der Waals surface area contributed by atoms with Crippen LogP contribution in [-0.2, 0) is 9.53 Å². The van der Waals surface area contributed by atoms with Crippen molar-refractivity contribution in [1.82, 2.24) is 4.90 Å². The average Bonchev–Trinajstić information content (AvgIpc) is 2.56. The molecule has 1 heterocycles. The summed E-state index contributed by atoms with van der Waals surface area (Å²) in [5.74, 6) is 0.634. The van der Waals surface area contributed by atoms with Crippen molar-refractivity contribution in [1.29, 1.82) is 0 Å². The summed E-state index contributed by atoms with van der Waals surface area (Å²) in [6.45, 7) is 6.81. The van der Waals surface area contributed by atoms with E-state index >= 15 is 0 Å². The number of nitrogens with one attached hydrogen (secondary N) is 1. The topological polar surface area (TPSA) is 84.7 Å². The molecular formula is C18H26N3O3. The molecule has 1 aliphatic heterocycles. The summed E-state index contributed by atoms with van der Waals surface area (Å²) >= 11 is 0. The number of hydrogen-bond acceptors (Lipinski definition) is 5. The molecule has 1 fully saturated rings. The zero-order valence-electron chi connectivity index (χ0n) is 14.6. The molecule has 0 saturated carbocycles. The predicted molar refractivity (Wildman–Crippen MR) is 93.6 cm³/mol. The molecule has 0 unspecified atom stereocenters. The molecule has 0 aliphatic carbocycles. The normalized spacial score (nSPS) is 17.5. The third kappa shape index (κ3) is 4.26. The molecule has 2 rings (SSSR count). The van der Waals surface area contributed by atoms with Gasteiger partial charge in [0.15, 0.2) is 0 Å². The second-order valence-electron chi connectivity index (χ2n) is 6.62. The highest BCUT2D eigenvalue weighted by atomic mass is 16.5. The molecule has 131 valence electrons. The monoisotopic (exact) mass is 332 g/mol. The summed E-state index contributed by atoms with van der Waals surface area (Å²) in [5.41, 5.74) is 6.20. The number of carbonyl (C=O) groups excluding carboxylic acids is 2. The van der Waals surface area contributed by atoms with Crippen LogP contribution in [0.4, 0.5) is 5.69 Å². The lowest BCUT2D eigenvalue weighted by atomic mass is 9.86. The molecule has 0 aromatic heterocycles. The van der Waals surface area contributed by atoms with Crippen LogP contribution in [0.1, 0.15) is 37.0 Å². The first-order valence-electron chi connectivity index (χ1n) is 8.14. The first kappa shape index (κ1) is 18.3. The van der Waals surface area contributed by atoms with E-state index in [1.165, 1.54) is 13.0 Å². The zero-order valence-corrected chi connectivity index (χ0v) is 14.6. The molecular weight excluding hydrogens is 306 g/mol. The van der Waals surface area contributed by atoms with Crippen LogP contribution in [-0.4, -0.2) is 49.1 Å². The molecule has 6 heteroatoms. The Bertz CT molecular complexity index is 576. The second-order valence-corrected chi connectivity index (χ2v) is 6.62. The molecule has 1 aromatic carbocycles. The van der Waals surface area contributed by atoms with Gasteiger partial charge in [0.2, 0.25) is 5.91 Å². The van der Waals surface area contributed by atoms with Crippen LogP contribution in [0.2, 0.25) is 0 Å². The minimum Gasteiger partial charge on any atom is -0.465 e. The van der Waals surface area contributed by atoms with Gasteiger partial charge in [-0.1, -0.05) is 13.8 Å². The van der Waals surface area contributed by atoms with Crippen LogP contribution in [0.15, 0.2) is 24.3 Å². The van der Waals surface area contributed by atoms with Crippen LogP contribution < -0.4 is 11.1 Å². The number of amides is 1. The van der Waals surface area contributed by atoms with Gasteiger partial charge in [-0.05, 0) is 43.0 Å². The van der Waals surface area contributed by atoms with E-state index in [4.69, 9.17) is 5.73 Å². The maximum absolute atomic E-state index is 12.1. The molecule has 0 bridgehead atoms. The molecule has 24 heavy (non-hydrogen) atoms. The first-order chi connectivity index (χ1) is 11.4. The van der Waals surface area contributed by atoms with E-state index in [1.807, 2.05) is 0 Å². The average molecular weight is 332 g/mol. The third-order valence-electron chi connectivity index (χ3n) is 4.41. The van der Waals surface area contributed by atoms with Gasteiger partial charge in [0.25, 0.3) is 0 Å². The number of nitrogens with two attached hydrogens (primary N) is 1. The number of methoxy groups -OCH3 is 1. The molecule has 1 aromatic rings. The van der Waals surface area contributed by atoms with Gasteiger partial charge < -0.3 is 20.7 Å². The molecule has 1 saturated heterocycles. The SMILES string of the molecule is COC(=O)c1ccc(NC2(C(N)=O)CCN(C[C](C)C)CC2)cc1. The van der Waals surface area contributed by atoms with E-state index in [0.717, 1.165) is 25.3 Å². The standard InChI is InChI=1S/C18H26N3O3/c1-13(2)12-21-10-8-18(9-11-21,17(19)23)20-15-6-4-14(5-7-15)16(22)24-3/h4-7,20H,8-12H2,1-3H3,(H2,19,23). The number of rotatable bonds is 6. The van der Waals surface area contributed by atoms with Crippen LogP contribution in [0.25, 0.3) is 0 Å². The van der Waals surface area contributed by atoms with Crippen LogP contribution >= 0.6 is 0 Å². The van der Waals surface area contributed by atoms with Gasteiger partial charge in [-0.15, -0.1) is 0 Å². The highest BCUT2D eigenvalue weighted by molar-refractivity contribution is 5.90. The van der Waals surface area contributed by atoms with E-state index in [2.05, 4.69) is 28.8 Å². The van der Waals surface area contributed by atoms with Crippen molar-refractivity contribution in [3.8, 4) is 0 Å². The number of anilines is 1. The van der Waals surface area contributed by atoms with Gasteiger partial charge in [0.05, 0.1) is 12.7 Å². The van der Waals surface area contributed by atoms with Crippen LogP contribution in [0.5, 0.6) is 0 Å². The summed E-state index contributed by atoms with van der Waals surface area (Å²) < 4.78 is 4.69. The Kier molecular flexibility index (Phi) is 5.83. The van der Waals surface area contributed by atoms with E-state index in [0.29, 0.717) is 18.4 Å². The molecule has 1 aliphatic rings. The Morgan fingerprint density at radius 3 is 2.25 bits per heavy atom. The molecule has 1 radical (unpaired) electrons. The minimum atomic E-state index is -0.745. The largest absolute Gasteiger partial charge is 0.465 e. The highest BCUT2D eigenvalue weighted by Gasteiger charge is 2.39. The van der Waals surface area contributed by atoms with Crippen LogP contribution in [0.3, 0.4) is 0 Å². The van der Waals surface area contributed by atoms with Crippen molar-refractivity contribution in [2.75, 3.05) is 32.1 Å². The fraction of sp³-hybridized carbons (Fsp3) is 0.500. The maximum Gasteiger partial charge on any atom is 0.337 e. The van der Waals surface area contributed by atoms with Gasteiger partial charge in [0.1, 0.15) is 5.54 Å². The summed E-state index contributed by atoms with van der Waals surface area (Å²) in [5, 5.41) is 3.29. The Morgan fingerprint density at radius 1 is 1.21 bits per heavy atom. The van der Waals surface area contributed by atoms with Gasteiger partial charge in [-0.3, -0.25) is 4.79 Å².